The van der Waals surface area contributed by atoms with Crippen LogP contribution in [0.4, 0.5) is 0 Å². The molecule has 0 fully saturated rings. The van der Waals surface area contributed by atoms with Gasteiger partial charge in [-0.2, -0.15) is 0 Å². The zero-order chi connectivity index (χ0) is 14.1. The van der Waals surface area contributed by atoms with Crippen molar-refractivity contribution in [2.75, 3.05) is 13.7 Å². The van der Waals surface area contributed by atoms with Gasteiger partial charge < -0.3 is 10.1 Å². The lowest BCUT2D eigenvalue weighted by atomic mass is 10.0. The van der Waals surface area contributed by atoms with Crippen LogP contribution >= 0.6 is 11.3 Å². The van der Waals surface area contributed by atoms with Crippen molar-refractivity contribution in [1.29, 1.82) is 0 Å². The summed E-state index contributed by atoms with van der Waals surface area (Å²) in [6.45, 7) is 5.03. The van der Waals surface area contributed by atoms with Crippen LogP contribution in [0.25, 0.3) is 0 Å². The van der Waals surface area contributed by atoms with E-state index in [9.17, 15) is 0 Å². The smallest absolute Gasteiger partial charge is 0.122 e. The Kier molecular flexibility index (Phi) is 3.76. The second kappa shape index (κ2) is 5.54. The molecule has 0 saturated carbocycles. The molecule has 0 saturated heterocycles. The second-order valence-corrected chi connectivity index (χ2v) is 6.55. The Morgan fingerprint density at radius 3 is 2.95 bits per heavy atom. The van der Waals surface area contributed by atoms with Crippen molar-refractivity contribution in [3.63, 3.8) is 0 Å². The summed E-state index contributed by atoms with van der Waals surface area (Å²) in [7, 11) is 2.02. The Hall–Kier alpha value is -1.39. The highest BCUT2D eigenvalue weighted by Crippen LogP contribution is 2.30. The predicted octanol–water partition coefficient (Wildman–Crippen LogP) is 3.20. The number of rotatable bonds is 4. The first-order chi connectivity index (χ1) is 9.67. The van der Waals surface area contributed by atoms with Gasteiger partial charge in [-0.3, -0.25) is 0 Å². The summed E-state index contributed by atoms with van der Waals surface area (Å²) >= 11 is 1.80. The van der Waals surface area contributed by atoms with E-state index in [1.807, 2.05) is 7.05 Å². The molecule has 0 aliphatic carbocycles. The number of thiazole rings is 1. The number of benzene rings is 1. The van der Waals surface area contributed by atoms with Crippen LogP contribution in [0.15, 0.2) is 18.2 Å². The van der Waals surface area contributed by atoms with Crippen molar-refractivity contribution in [3.05, 3.63) is 44.9 Å². The highest BCUT2D eigenvalue weighted by Gasteiger charge is 2.17. The number of hydrogen-bond donors (Lipinski definition) is 1. The number of aromatic nitrogens is 1. The fraction of sp³-hybridized carbons (Fsp3) is 0.438. The lowest BCUT2D eigenvalue weighted by molar-refractivity contribution is 0.356. The molecule has 0 spiro atoms. The molecular weight excluding hydrogens is 268 g/mol. The number of aryl methyl sites for hydroxylation is 2. The van der Waals surface area contributed by atoms with Crippen molar-refractivity contribution in [3.8, 4) is 5.75 Å². The number of ether oxygens (including phenoxy) is 1. The average molecular weight is 288 g/mol. The topological polar surface area (TPSA) is 34.2 Å². The lowest BCUT2D eigenvalue weighted by Crippen LogP contribution is -2.18. The number of hydrogen-bond acceptors (Lipinski definition) is 4. The Morgan fingerprint density at radius 2 is 2.25 bits per heavy atom. The molecule has 1 aliphatic rings. The van der Waals surface area contributed by atoms with Crippen LogP contribution in [-0.2, 0) is 12.8 Å². The van der Waals surface area contributed by atoms with E-state index in [1.165, 1.54) is 21.0 Å². The highest BCUT2D eigenvalue weighted by atomic mass is 32.1. The number of nitrogens with zero attached hydrogens (tertiary/aromatic N) is 1. The lowest BCUT2D eigenvalue weighted by Gasteiger charge is -2.16. The number of nitrogens with one attached hydrogen (secondary N) is 1. The van der Waals surface area contributed by atoms with E-state index >= 15 is 0 Å². The Bertz CT molecular complexity index is 601. The first-order valence-corrected chi connectivity index (χ1v) is 7.85. The average Bonchev–Trinajstić information content (AvgIpc) is 3.02. The monoisotopic (exact) mass is 288 g/mol. The van der Waals surface area contributed by atoms with Crippen LogP contribution in [0.5, 0.6) is 5.75 Å². The van der Waals surface area contributed by atoms with Crippen molar-refractivity contribution in [1.82, 2.24) is 10.3 Å². The minimum absolute atomic E-state index is 0.311. The van der Waals surface area contributed by atoms with Crippen LogP contribution < -0.4 is 10.1 Å². The van der Waals surface area contributed by atoms with Crippen LogP contribution in [0.3, 0.4) is 0 Å². The van der Waals surface area contributed by atoms with Gasteiger partial charge in [0.2, 0.25) is 0 Å². The van der Waals surface area contributed by atoms with Crippen molar-refractivity contribution in [2.45, 2.75) is 32.7 Å². The van der Waals surface area contributed by atoms with E-state index in [2.05, 4.69) is 42.3 Å². The van der Waals surface area contributed by atoms with E-state index in [0.717, 1.165) is 30.9 Å². The molecule has 1 aromatic carbocycles. The van der Waals surface area contributed by atoms with Gasteiger partial charge in [0.1, 0.15) is 5.75 Å². The molecule has 1 aromatic heterocycles. The molecular formula is C16H20N2OS. The molecule has 1 N–H and O–H groups in total. The quantitative estimate of drug-likeness (QED) is 0.938. The van der Waals surface area contributed by atoms with E-state index in [1.54, 1.807) is 11.3 Å². The van der Waals surface area contributed by atoms with Gasteiger partial charge in [-0.25, -0.2) is 4.98 Å². The van der Waals surface area contributed by atoms with Gasteiger partial charge in [-0.15, -0.1) is 11.3 Å². The zero-order valence-corrected chi connectivity index (χ0v) is 13.0. The fourth-order valence-corrected chi connectivity index (χ4v) is 3.59. The number of likely N-dealkylation sites (N-methyl/N-ethyl adjacent to an activating group) is 1. The summed E-state index contributed by atoms with van der Waals surface area (Å²) < 4.78 is 5.57. The normalized spacial score (nSPS) is 14.9. The molecule has 20 heavy (non-hydrogen) atoms. The van der Waals surface area contributed by atoms with E-state index < -0.39 is 0 Å². The largest absolute Gasteiger partial charge is 0.493 e. The molecule has 1 aliphatic heterocycles. The third-order valence-electron chi connectivity index (χ3n) is 3.92. The summed E-state index contributed by atoms with van der Waals surface area (Å²) in [6, 6.07) is 6.85. The molecule has 1 atom stereocenters. The van der Waals surface area contributed by atoms with Gasteiger partial charge in [-0.05, 0) is 38.1 Å². The maximum atomic E-state index is 5.57. The molecule has 1 unspecified atom stereocenters. The fourth-order valence-electron chi connectivity index (χ4n) is 2.61. The van der Waals surface area contributed by atoms with Gasteiger partial charge >= 0.3 is 0 Å². The van der Waals surface area contributed by atoms with E-state index in [0.29, 0.717) is 6.04 Å². The van der Waals surface area contributed by atoms with Crippen LogP contribution in [0.2, 0.25) is 0 Å². The molecule has 3 nitrogen and oxygen atoms in total. The van der Waals surface area contributed by atoms with E-state index in [-0.39, 0.29) is 0 Å². The third-order valence-corrected chi connectivity index (χ3v) is 5.01. The van der Waals surface area contributed by atoms with Gasteiger partial charge in [0.05, 0.1) is 17.3 Å². The standard InChI is InChI=1S/C16H20N2OS/c1-10-11(2)20-16(18-10)9-14(17-3)12-4-5-15-13(8-12)6-7-19-15/h4-5,8,14,17H,6-7,9H2,1-3H3. The van der Waals surface area contributed by atoms with Crippen molar-refractivity contribution < 1.29 is 4.74 Å². The molecule has 4 heteroatoms. The highest BCUT2D eigenvalue weighted by molar-refractivity contribution is 7.11. The maximum absolute atomic E-state index is 5.57. The maximum Gasteiger partial charge on any atom is 0.122 e. The summed E-state index contributed by atoms with van der Waals surface area (Å²) in [5.74, 6) is 1.05. The van der Waals surface area contributed by atoms with E-state index in [4.69, 9.17) is 4.74 Å². The molecule has 2 heterocycles. The van der Waals surface area contributed by atoms with Gasteiger partial charge in [0, 0.05) is 23.8 Å². The van der Waals surface area contributed by atoms with Crippen molar-refractivity contribution >= 4 is 11.3 Å². The second-order valence-electron chi connectivity index (χ2n) is 5.26. The van der Waals surface area contributed by atoms with Gasteiger partial charge in [-0.1, -0.05) is 12.1 Å². The Labute approximate surface area is 124 Å². The summed E-state index contributed by atoms with van der Waals surface area (Å²) in [5.41, 5.74) is 3.80. The summed E-state index contributed by atoms with van der Waals surface area (Å²) in [5, 5.41) is 4.62. The molecule has 0 amide bonds. The SMILES string of the molecule is CNC(Cc1nc(C)c(C)s1)c1ccc2c(c1)CCO2. The molecule has 0 bridgehead atoms. The Morgan fingerprint density at radius 1 is 1.40 bits per heavy atom. The van der Waals surface area contributed by atoms with Crippen LogP contribution in [0, 0.1) is 13.8 Å². The van der Waals surface area contributed by atoms with Gasteiger partial charge in [0.25, 0.3) is 0 Å². The van der Waals surface area contributed by atoms with Crippen LogP contribution in [0.1, 0.15) is 32.7 Å². The van der Waals surface area contributed by atoms with Crippen molar-refractivity contribution in [2.24, 2.45) is 0 Å². The molecule has 106 valence electrons. The number of fused-ring (bicyclic) bond motifs is 1. The third kappa shape index (κ3) is 2.58. The summed E-state index contributed by atoms with van der Waals surface area (Å²) in [6.07, 6.45) is 1.96. The molecule has 3 rings (SSSR count). The minimum Gasteiger partial charge on any atom is -0.493 e. The zero-order valence-electron chi connectivity index (χ0n) is 12.2. The van der Waals surface area contributed by atoms with Gasteiger partial charge in [0.15, 0.2) is 0 Å². The first-order valence-electron chi connectivity index (χ1n) is 7.03. The first kappa shape index (κ1) is 13.6. The van der Waals surface area contributed by atoms with Crippen LogP contribution in [-0.4, -0.2) is 18.6 Å². The summed E-state index contributed by atoms with van der Waals surface area (Å²) in [4.78, 5) is 5.97. The Balaban J connectivity index is 1.82. The molecule has 0 radical (unpaired) electrons. The minimum atomic E-state index is 0.311. The molecule has 2 aromatic rings. The predicted molar refractivity (Wildman–Crippen MR) is 82.7 cm³/mol.